The fraction of sp³-hybridized carbons (Fsp3) is 0.176. The summed E-state index contributed by atoms with van der Waals surface area (Å²) >= 11 is 1.43. The Morgan fingerprint density at radius 1 is 1.22 bits per heavy atom. The number of ether oxygens (including phenoxy) is 1. The monoisotopic (exact) mass is 327 g/mol. The molecular weight excluding hydrogens is 310 g/mol. The number of amides is 1. The Hall–Kier alpha value is -2.60. The molecule has 5 nitrogen and oxygen atoms in total. The summed E-state index contributed by atoms with van der Waals surface area (Å²) in [6.45, 7) is 3.91. The van der Waals surface area contributed by atoms with Crippen LogP contribution in [0.25, 0.3) is 5.69 Å². The van der Waals surface area contributed by atoms with Crippen LogP contribution in [0.5, 0.6) is 5.75 Å². The van der Waals surface area contributed by atoms with Gasteiger partial charge in [-0.15, -0.1) is 16.4 Å². The molecule has 2 heterocycles. The molecule has 2 aromatic heterocycles. The second-order valence-corrected chi connectivity index (χ2v) is 6.13. The van der Waals surface area contributed by atoms with E-state index in [0.29, 0.717) is 10.7 Å². The minimum Gasteiger partial charge on any atom is -0.497 e. The van der Waals surface area contributed by atoms with Crippen molar-refractivity contribution >= 4 is 23.1 Å². The van der Waals surface area contributed by atoms with E-state index in [2.05, 4.69) is 10.4 Å². The van der Waals surface area contributed by atoms with Crippen LogP contribution in [-0.2, 0) is 0 Å². The van der Waals surface area contributed by atoms with Crippen LogP contribution in [0.3, 0.4) is 0 Å². The summed E-state index contributed by atoms with van der Waals surface area (Å²) in [5.74, 6) is 1.19. The van der Waals surface area contributed by atoms with Crippen LogP contribution in [0.1, 0.15) is 20.9 Å². The molecule has 1 amide bonds. The van der Waals surface area contributed by atoms with E-state index in [1.54, 1.807) is 11.8 Å². The van der Waals surface area contributed by atoms with Gasteiger partial charge in [0.05, 0.1) is 17.7 Å². The summed E-state index contributed by atoms with van der Waals surface area (Å²) in [5, 5.41) is 9.25. The minimum atomic E-state index is -0.137. The smallest absolute Gasteiger partial charge is 0.266 e. The van der Waals surface area contributed by atoms with Gasteiger partial charge in [-0.2, -0.15) is 0 Å². The Morgan fingerprint density at radius 2 is 1.96 bits per heavy atom. The van der Waals surface area contributed by atoms with Crippen LogP contribution in [0.15, 0.2) is 41.8 Å². The first-order valence-electron chi connectivity index (χ1n) is 7.14. The highest BCUT2D eigenvalue weighted by atomic mass is 32.1. The number of benzene rings is 1. The van der Waals surface area contributed by atoms with E-state index in [9.17, 15) is 4.79 Å². The fourth-order valence-electron chi connectivity index (χ4n) is 2.25. The maximum Gasteiger partial charge on any atom is 0.266 e. The molecule has 0 unspecified atom stereocenters. The minimum absolute atomic E-state index is 0.137. The van der Waals surface area contributed by atoms with Crippen LogP contribution in [0.4, 0.5) is 5.82 Å². The van der Waals surface area contributed by atoms with Gasteiger partial charge < -0.3 is 10.1 Å². The molecule has 23 heavy (non-hydrogen) atoms. The summed E-state index contributed by atoms with van der Waals surface area (Å²) in [4.78, 5) is 12.9. The summed E-state index contributed by atoms with van der Waals surface area (Å²) in [7, 11) is 1.63. The van der Waals surface area contributed by atoms with Gasteiger partial charge in [0.1, 0.15) is 5.75 Å². The molecule has 0 aliphatic heterocycles. The Morgan fingerprint density at radius 3 is 2.57 bits per heavy atom. The molecule has 0 saturated carbocycles. The number of methoxy groups -OCH3 is 1. The summed E-state index contributed by atoms with van der Waals surface area (Å²) < 4.78 is 6.95. The predicted molar refractivity (Wildman–Crippen MR) is 91.9 cm³/mol. The highest BCUT2D eigenvalue weighted by molar-refractivity contribution is 7.12. The average molecular weight is 327 g/mol. The number of anilines is 1. The first-order valence-corrected chi connectivity index (χ1v) is 8.02. The third-order valence-electron chi connectivity index (χ3n) is 3.40. The van der Waals surface area contributed by atoms with Crippen LogP contribution >= 0.6 is 11.3 Å². The zero-order chi connectivity index (χ0) is 16.4. The van der Waals surface area contributed by atoms with Gasteiger partial charge in [-0.3, -0.25) is 4.79 Å². The van der Waals surface area contributed by atoms with Crippen LogP contribution in [0, 0.1) is 13.8 Å². The Balaban J connectivity index is 1.81. The first-order chi connectivity index (χ1) is 11.1. The molecule has 0 aliphatic carbocycles. The average Bonchev–Trinajstić information content (AvgIpc) is 3.13. The zero-order valence-corrected chi connectivity index (χ0v) is 14.0. The molecule has 6 heteroatoms. The number of rotatable bonds is 4. The maximum atomic E-state index is 12.2. The van der Waals surface area contributed by atoms with E-state index in [1.807, 2.05) is 55.6 Å². The largest absolute Gasteiger partial charge is 0.497 e. The quantitative estimate of drug-likeness (QED) is 0.793. The number of carbonyl (C=O) groups is 1. The lowest BCUT2D eigenvalue weighted by molar-refractivity contribution is 0.103. The van der Waals surface area contributed by atoms with Gasteiger partial charge in [0.25, 0.3) is 5.91 Å². The number of aryl methyl sites for hydroxylation is 2. The van der Waals surface area contributed by atoms with Gasteiger partial charge in [-0.1, -0.05) is 0 Å². The summed E-state index contributed by atoms with van der Waals surface area (Å²) in [6, 6.07) is 11.3. The van der Waals surface area contributed by atoms with Gasteiger partial charge in [-0.25, -0.2) is 4.68 Å². The van der Waals surface area contributed by atoms with Crippen LogP contribution < -0.4 is 10.1 Å². The topological polar surface area (TPSA) is 56.1 Å². The zero-order valence-electron chi connectivity index (χ0n) is 13.2. The fourth-order valence-corrected chi connectivity index (χ4v) is 3.04. The van der Waals surface area contributed by atoms with Crippen molar-refractivity contribution in [3.05, 3.63) is 57.9 Å². The van der Waals surface area contributed by atoms with E-state index in [-0.39, 0.29) is 5.91 Å². The number of thiophene rings is 1. The van der Waals surface area contributed by atoms with Gasteiger partial charge in [0.15, 0.2) is 5.82 Å². The summed E-state index contributed by atoms with van der Waals surface area (Å²) in [6.07, 6.45) is 0. The number of nitrogens with one attached hydrogen (secondary N) is 1. The van der Waals surface area contributed by atoms with Crippen LogP contribution in [-0.4, -0.2) is 22.8 Å². The third kappa shape index (κ3) is 3.27. The van der Waals surface area contributed by atoms with Crippen molar-refractivity contribution < 1.29 is 9.53 Å². The van der Waals surface area contributed by atoms with Gasteiger partial charge in [0.2, 0.25) is 0 Å². The van der Waals surface area contributed by atoms with Gasteiger partial charge in [0, 0.05) is 11.8 Å². The van der Waals surface area contributed by atoms with Crippen molar-refractivity contribution in [2.75, 3.05) is 12.4 Å². The second kappa shape index (κ2) is 6.26. The molecule has 0 fully saturated rings. The molecule has 118 valence electrons. The summed E-state index contributed by atoms with van der Waals surface area (Å²) in [5.41, 5.74) is 2.93. The highest BCUT2D eigenvalue weighted by Crippen LogP contribution is 2.20. The molecular formula is C17H17N3O2S. The van der Waals surface area contributed by atoms with Gasteiger partial charge in [-0.05, 0) is 55.1 Å². The SMILES string of the molecule is COc1ccc(-n2nc(NC(=O)c3cc(C)cs3)cc2C)cc1. The number of nitrogens with zero attached hydrogens (tertiary/aromatic N) is 2. The highest BCUT2D eigenvalue weighted by Gasteiger charge is 2.12. The molecule has 0 radical (unpaired) electrons. The molecule has 0 spiro atoms. The number of aromatic nitrogens is 2. The van der Waals surface area contributed by atoms with E-state index < -0.39 is 0 Å². The Kier molecular flexibility index (Phi) is 4.16. The van der Waals surface area contributed by atoms with Crippen molar-refractivity contribution in [3.8, 4) is 11.4 Å². The van der Waals surface area contributed by atoms with Crippen molar-refractivity contribution in [1.82, 2.24) is 9.78 Å². The Labute approximate surface area is 138 Å². The third-order valence-corrected chi connectivity index (χ3v) is 4.45. The molecule has 3 rings (SSSR count). The number of hydrogen-bond donors (Lipinski definition) is 1. The normalized spacial score (nSPS) is 10.6. The maximum absolute atomic E-state index is 12.2. The molecule has 0 atom stereocenters. The lowest BCUT2D eigenvalue weighted by Crippen LogP contribution is -2.11. The standard InChI is InChI=1S/C17H17N3O2S/c1-11-8-15(23-10-11)17(21)18-16-9-12(2)20(19-16)13-4-6-14(22-3)7-5-13/h4-10H,1-3H3,(H,18,19,21). The second-order valence-electron chi connectivity index (χ2n) is 5.22. The molecule has 0 aliphatic rings. The van der Waals surface area contributed by atoms with Gasteiger partial charge >= 0.3 is 0 Å². The molecule has 3 aromatic rings. The Bertz CT molecular complexity index is 834. The van der Waals surface area contributed by atoms with Crippen molar-refractivity contribution in [2.45, 2.75) is 13.8 Å². The molecule has 1 aromatic carbocycles. The number of carbonyl (C=O) groups excluding carboxylic acids is 1. The lowest BCUT2D eigenvalue weighted by atomic mass is 10.3. The number of hydrogen-bond acceptors (Lipinski definition) is 4. The van der Waals surface area contributed by atoms with Crippen LogP contribution in [0.2, 0.25) is 0 Å². The van der Waals surface area contributed by atoms with E-state index in [0.717, 1.165) is 22.7 Å². The van der Waals surface area contributed by atoms with E-state index in [4.69, 9.17) is 4.74 Å². The molecule has 1 N–H and O–H groups in total. The lowest BCUT2D eigenvalue weighted by Gasteiger charge is -2.05. The predicted octanol–water partition coefficient (Wildman–Crippen LogP) is 3.81. The van der Waals surface area contributed by atoms with Crippen molar-refractivity contribution in [3.63, 3.8) is 0 Å². The molecule has 0 saturated heterocycles. The molecule has 0 bridgehead atoms. The first kappa shape index (κ1) is 15.3. The van der Waals surface area contributed by atoms with E-state index >= 15 is 0 Å². The van der Waals surface area contributed by atoms with E-state index in [1.165, 1.54) is 11.3 Å². The van der Waals surface area contributed by atoms with Crippen molar-refractivity contribution in [2.24, 2.45) is 0 Å². The van der Waals surface area contributed by atoms with Crippen molar-refractivity contribution in [1.29, 1.82) is 0 Å².